The van der Waals surface area contributed by atoms with E-state index in [0.717, 1.165) is 19.7 Å². The van der Waals surface area contributed by atoms with Gasteiger partial charge in [0.1, 0.15) is 0 Å². The molecule has 0 aromatic heterocycles. The molecule has 1 fully saturated rings. The normalized spacial score (nSPS) is 22.6. The Hall–Kier alpha value is -0.860. The van der Waals surface area contributed by atoms with Crippen molar-refractivity contribution in [2.75, 3.05) is 26.7 Å². The average molecular weight is 219 g/mol. The van der Waals surface area contributed by atoms with Crippen molar-refractivity contribution in [1.82, 2.24) is 4.90 Å². The first-order valence-corrected chi connectivity index (χ1v) is 6.07. The van der Waals surface area contributed by atoms with Crippen molar-refractivity contribution in [3.05, 3.63) is 35.4 Å². The van der Waals surface area contributed by atoms with Crippen molar-refractivity contribution >= 4 is 0 Å². The molecule has 1 unspecified atom stereocenters. The third-order valence-corrected chi connectivity index (χ3v) is 3.24. The second-order valence-corrected chi connectivity index (χ2v) is 4.94. The van der Waals surface area contributed by atoms with Crippen LogP contribution in [0.15, 0.2) is 24.3 Å². The van der Waals surface area contributed by atoms with Gasteiger partial charge in [0.2, 0.25) is 0 Å². The summed E-state index contributed by atoms with van der Waals surface area (Å²) in [5, 5.41) is 0. The molecule has 0 N–H and O–H groups in total. The summed E-state index contributed by atoms with van der Waals surface area (Å²) in [5.41, 5.74) is 2.70. The zero-order chi connectivity index (χ0) is 11.5. The molecular weight excluding hydrogens is 198 g/mol. The Balaban J connectivity index is 2.09. The summed E-state index contributed by atoms with van der Waals surface area (Å²) < 4.78 is 5.79. The summed E-state index contributed by atoms with van der Waals surface area (Å²) in [4.78, 5) is 2.32. The zero-order valence-corrected chi connectivity index (χ0v) is 10.4. The molecule has 0 aliphatic carbocycles. The molecule has 1 aromatic carbocycles. The Bertz CT molecular complexity index is 331. The lowest BCUT2D eigenvalue weighted by molar-refractivity contribution is -0.0209. The largest absolute Gasteiger partial charge is 0.371 e. The molecular formula is C14H21NO. The lowest BCUT2D eigenvalue weighted by Gasteiger charge is -2.30. The van der Waals surface area contributed by atoms with Crippen molar-refractivity contribution < 1.29 is 4.74 Å². The van der Waals surface area contributed by atoms with Crippen molar-refractivity contribution in [3.63, 3.8) is 0 Å². The summed E-state index contributed by atoms with van der Waals surface area (Å²) in [7, 11) is 2.15. The maximum atomic E-state index is 5.79. The molecule has 1 aromatic rings. The van der Waals surface area contributed by atoms with Crippen LogP contribution >= 0.6 is 0 Å². The predicted molar refractivity (Wildman–Crippen MR) is 66.7 cm³/mol. The second-order valence-electron chi connectivity index (χ2n) is 4.94. The summed E-state index contributed by atoms with van der Waals surface area (Å²) in [6.45, 7) is 7.33. The molecule has 16 heavy (non-hydrogen) atoms. The van der Waals surface area contributed by atoms with E-state index in [-0.39, 0.29) is 6.10 Å². The Labute approximate surface area is 98.2 Å². The molecule has 1 heterocycles. The summed E-state index contributed by atoms with van der Waals surface area (Å²) in [6.07, 6.45) is 0.250. The van der Waals surface area contributed by atoms with E-state index in [2.05, 4.69) is 50.1 Å². The number of hydrogen-bond acceptors (Lipinski definition) is 2. The quantitative estimate of drug-likeness (QED) is 0.758. The molecule has 2 nitrogen and oxygen atoms in total. The van der Waals surface area contributed by atoms with Gasteiger partial charge in [-0.3, -0.25) is 0 Å². The second kappa shape index (κ2) is 4.98. The Kier molecular flexibility index (Phi) is 3.62. The van der Waals surface area contributed by atoms with E-state index in [4.69, 9.17) is 4.74 Å². The van der Waals surface area contributed by atoms with E-state index in [1.54, 1.807) is 0 Å². The SMILES string of the molecule is CC(C)c1ccc(C2CN(C)CCO2)cc1. The first kappa shape index (κ1) is 11.6. The average Bonchev–Trinajstić information content (AvgIpc) is 2.29. The molecule has 1 aliphatic rings. The lowest BCUT2D eigenvalue weighted by atomic mass is 9.99. The third kappa shape index (κ3) is 2.63. The first-order chi connectivity index (χ1) is 7.66. The topological polar surface area (TPSA) is 12.5 Å². The van der Waals surface area contributed by atoms with Crippen molar-refractivity contribution in [1.29, 1.82) is 0 Å². The van der Waals surface area contributed by atoms with Gasteiger partial charge in [-0.05, 0) is 24.1 Å². The highest BCUT2D eigenvalue weighted by molar-refractivity contribution is 5.26. The smallest absolute Gasteiger partial charge is 0.0952 e. The molecule has 2 rings (SSSR count). The zero-order valence-electron chi connectivity index (χ0n) is 10.4. The van der Waals surface area contributed by atoms with E-state index >= 15 is 0 Å². The number of ether oxygens (including phenoxy) is 1. The van der Waals surface area contributed by atoms with E-state index in [0.29, 0.717) is 5.92 Å². The number of morpholine rings is 1. The van der Waals surface area contributed by atoms with Crippen LogP contribution in [0, 0.1) is 0 Å². The Morgan fingerprint density at radius 3 is 2.50 bits per heavy atom. The maximum absolute atomic E-state index is 5.79. The van der Waals surface area contributed by atoms with Crippen LogP contribution in [0.25, 0.3) is 0 Å². The molecule has 0 amide bonds. The van der Waals surface area contributed by atoms with Gasteiger partial charge in [-0.2, -0.15) is 0 Å². The van der Waals surface area contributed by atoms with Gasteiger partial charge < -0.3 is 9.64 Å². The van der Waals surface area contributed by atoms with Crippen molar-refractivity contribution in [3.8, 4) is 0 Å². The molecule has 88 valence electrons. The number of nitrogens with zero attached hydrogens (tertiary/aromatic N) is 1. The number of likely N-dealkylation sites (N-methyl/N-ethyl adjacent to an activating group) is 1. The minimum absolute atomic E-state index is 0.250. The maximum Gasteiger partial charge on any atom is 0.0952 e. The van der Waals surface area contributed by atoms with E-state index in [1.807, 2.05) is 0 Å². The minimum Gasteiger partial charge on any atom is -0.371 e. The van der Waals surface area contributed by atoms with Crippen LogP contribution in [-0.4, -0.2) is 31.6 Å². The van der Waals surface area contributed by atoms with Gasteiger partial charge in [0.15, 0.2) is 0 Å². The molecule has 1 atom stereocenters. The fourth-order valence-corrected chi connectivity index (χ4v) is 2.08. The van der Waals surface area contributed by atoms with Crippen LogP contribution in [-0.2, 0) is 4.74 Å². The molecule has 1 aliphatic heterocycles. The number of benzene rings is 1. The van der Waals surface area contributed by atoms with Gasteiger partial charge in [0.05, 0.1) is 12.7 Å². The highest BCUT2D eigenvalue weighted by Gasteiger charge is 2.19. The number of rotatable bonds is 2. The van der Waals surface area contributed by atoms with Crippen molar-refractivity contribution in [2.45, 2.75) is 25.9 Å². The Morgan fingerprint density at radius 2 is 1.94 bits per heavy atom. The molecule has 1 saturated heterocycles. The van der Waals surface area contributed by atoms with E-state index < -0.39 is 0 Å². The first-order valence-electron chi connectivity index (χ1n) is 6.07. The summed E-state index contributed by atoms with van der Waals surface area (Å²) in [5.74, 6) is 0.601. The fourth-order valence-electron chi connectivity index (χ4n) is 2.08. The van der Waals surface area contributed by atoms with Gasteiger partial charge in [0.25, 0.3) is 0 Å². The van der Waals surface area contributed by atoms with Crippen LogP contribution < -0.4 is 0 Å². The Morgan fingerprint density at radius 1 is 1.25 bits per heavy atom. The van der Waals surface area contributed by atoms with Crippen LogP contribution in [0.5, 0.6) is 0 Å². The monoisotopic (exact) mass is 219 g/mol. The molecule has 0 spiro atoms. The minimum atomic E-state index is 0.250. The van der Waals surface area contributed by atoms with Gasteiger partial charge in [-0.15, -0.1) is 0 Å². The van der Waals surface area contributed by atoms with Crippen LogP contribution in [0.1, 0.15) is 37.0 Å². The van der Waals surface area contributed by atoms with Gasteiger partial charge >= 0.3 is 0 Å². The van der Waals surface area contributed by atoms with Gasteiger partial charge in [-0.1, -0.05) is 38.1 Å². The highest BCUT2D eigenvalue weighted by Crippen LogP contribution is 2.23. The molecule has 0 radical (unpaired) electrons. The van der Waals surface area contributed by atoms with E-state index in [9.17, 15) is 0 Å². The standard InChI is InChI=1S/C14H21NO/c1-11(2)12-4-6-13(7-5-12)14-10-15(3)8-9-16-14/h4-7,11,14H,8-10H2,1-3H3. The van der Waals surface area contributed by atoms with Crippen LogP contribution in [0.2, 0.25) is 0 Å². The third-order valence-electron chi connectivity index (χ3n) is 3.24. The molecule has 0 bridgehead atoms. The van der Waals surface area contributed by atoms with Crippen LogP contribution in [0.4, 0.5) is 0 Å². The highest BCUT2D eigenvalue weighted by atomic mass is 16.5. The number of hydrogen-bond donors (Lipinski definition) is 0. The lowest BCUT2D eigenvalue weighted by Crippen LogP contribution is -2.35. The predicted octanol–water partition coefficient (Wildman–Crippen LogP) is 2.81. The van der Waals surface area contributed by atoms with Crippen LogP contribution in [0.3, 0.4) is 0 Å². The summed E-state index contributed by atoms with van der Waals surface area (Å²) in [6, 6.07) is 8.86. The van der Waals surface area contributed by atoms with Gasteiger partial charge in [0, 0.05) is 13.1 Å². The fraction of sp³-hybridized carbons (Fsp3) is 0.571. The van der Waals surface area contributed by atoms with Gasteiger partial charge in [-0.25, -0.2) is 0 Å². The van der Waals surface area contributed by atoms with Crippen molar-refractivity contribution in [2.24, 2.45) is 0 Å². The molecule has 2 heteroatoms. The summed E-state index contributed by atoms with van der Waals surface area (Å²) >= 11 is 0. The van der Waals surface area contributed by atoms with E-state index in [1.165, 1.54) is 11.1 Å². The molecule has 0 saturated carbocycles.